The predicted molar refractivity (Wildman–Crippen MR) is 45.1 cm³/mol. The van der Waals surface area contributed by atoms with E-state index in [1.165, 1.54) is 0 Å². The molecule has 3 nitrogen and oxygen atoms in total. The maximum absolute atomic E-state index is 10.8. The molecule has 2 atom stereocenters. The number of aliphatic hydroxyl groups is 1. The van der Waals surface area contributed by atoms with Crippen molar-refractivity contribution in [2.75, 3.05) is 0 Å². The molecule has 2 unspecified atom stereocenters. The van der Waals surface area contributed by atoms with E-state index in [2.05, 4.69) is 0 Å². The van der Waals surface area contributed by atoms with Gasteiger partial charge in [-0.3, -0.25) is 0 Å². The Morgan fingerprint density at radius 2 is 2.33 bits per heavy atom. The van der Waals surface area contributed by atoms with Gasteiger partial charge in [-0.15, -0.1) is 11.6 Å². The first kappa shape index (κ1) is 9.39. The van der Waals surface area contributed by atoms with Crippen LogP contribution in [0, 0.1) is 0 Å². The summed E-state index contributed by atoms with van der Waals surface area (Å²) in [6, 6.07) is 0. The fourth-order valence-electron chi connectivity index (χ4n) is 1.11. The van der Waals surface area contributed by atoms with Gasteiger partial charge in [0.25, 0.3) is 0 Å². The summed E-state index contributed by atoms with van der Waals surface area (Å²) < 4.78 is 4.85. The molecule has 1 rings (SSSR count). The van der Waals surface area contributed by atoms with Gasteiger partial charge in [-0.25, -0.2) is 4.79 Å². The summed E-state index contributed by atoms with van der Waals surface area (Å²) in [5.74, 6) is -0.910. The Hall–Kier alpha value is -0.700. The molecular weight excluding hydrogens is 180 g/mol. The second-order valence-electron chi connectivity index (χ2n) is 2.94. The lowest BCUT2D eigenvalue weighted by molar-refractivity contribution is -0.142. The van der Waals surface area contributed by atoms with Crippen LogP contribution in [0.2, 0.25) is 0 Å². The zero-order chi connectivity index (χ0) is 9.30. The molecule has 0 amide bonds. The van der Waals surface area contributed by atoms with Crippen molar-refractivity contribution in [1.29, 1.82) is 0 Å². The molecule has 0 aromatic heterocycles. The second-order valence-corrected chi connectivity index (χ2v) is 3.69. The molecule has 0 aromatic carbocycles. The van der Waals surface area contributed by atoms with E-state index in [0.717, 1.165) is 0 Å². The van der Waals surface area contributed by atoms with Crippen LogP contribution in [0.15, 0.2) is 11.3 Å². The molecule has 4 heteroatoms. The Labute approximate surface area is 76.0 Å². The number of ether oxygens (including phenoxy) is 1. The molecule has 1 aliphatic heterocycles. The molecule has 0 fully saturated rings. The minimum Gasteiger partial charge on any atom is -0.502 e. The number of rotatable bonds is 2. The Morgan fingerprint density at radius 3 is 2.67 bits per heavy atom. The number of halogens is 1. The zero-order valence-electron chi connectivity index (χ0n) is 7.00. The summed E-state index contributed by atoms with van der Waals surface area (Å²) in [6.45, 7) is 3.49. The van der Waals surface area contributed by atoms with Gasteiger partial charge in [-0.05, 0) is 13.8 Å². The fraction of sp³-hybridized carbons (Fsp3) is 0.625. The van der Waals surface area contributed by atoms with E-state index in [0.29, 0.717) is 12.0 Å². The van der Waals surface area contributed by atoms with E-state index in [9.17, 15) is 4.79 Å². The summed E-state index contributed by atoms with van der Waals surface area (Å²) in [5.41, 5.74) is 0.576. The zero-order valence-corrected chi connectivity index (χ0v) is 7.76. The number of alkyl halides is 1. The number of aliphatic hydroxyl groups excluding tert-OH is 1. The Balaban J connectivity index is 2.67. The molecule has 12 heavy (non-hydrogen) atoms. The molecule has 1 aliphatic rings. The van der Waals surface area contributed by atoms with Crippen LogP contribution in [0.25, 0.3) is 0 Å². The fourth-order valence-corrected chi connectivity index (χ4v) is 1.27. The second kappa shape index (κ2) is 3.35. The van der Waals surface area contributed by atoms with Crippen molar-refractivity contribution in [2.45, 2.75) is 31.7 Å². The van der Waals surface area contributed by atoms with Gasteiger partial charge in [0.15, 0.2) is 0 Å². The largest absolute Gasteiger partial charge is 0.502 e. The average molecular weight is 191 g/mol. The lowest BCUT2D eigenvalue weighted by Gasteiger charge is -2.11. The minimum atomic E-state index is -0.644. The van der Waals surface area contributed by atoms with Crippen LogP contribution in [0.1, 0.15) is 20.3 Å². The number of carbonyl (C=O) groups excluding carboxylic acids is 1. The molecule has 0 aromatic rings. The standard InChI is InChI=1S/C8H11ClO3/c1-4(9)3-6-5(2)7(10)8(11)12-6/h4,6,10H,3H2,1-2H3. The lowest BCUT2D eigenvalue weighted by Crippen LogP contribution is -2.14. The normalized spacial score (nSPS) is 25.9. The molecule has 0 saturated heterocycles. The van der Waals surface area contributed by atoms with Crippen LogP contribution in [0.5, 0.6) is 0 Å². The van der Waals surface area contributed by atoms with Crippen molar-refractivity contribution in [1.82, 2.24) is 0 Å². The van der Waals surface area contributed by atoms with Gasteiger partial charge in [-0.2, -0.15) is 0 Å². The molecule has 0 spiro atoms. The lowest BCUT2D eigenvalue weighted by atomic mass is 10.1. The third-order valence-electron chi connectivity index (χ3n) is 1.84. The summed E-state index contributed by atoms with van der Waals surface area (Å²) in [6.07, 6.45) is 0.202. The van der Waals surface area contributed by atoms with E-state index in [-0.39, 0.29) is 17.2 Å². The van der Waals surface area contributed by atoms with Crippen LogP contribution in [-0.2, 0) is 9.53 Å². The summed E-state index contributed by atoms with van der Waals surface area (Å²) in [7, 11) is 0. The number of hydrogen-bond acceptors (Lipinski definition) is 3. The Morgan fingerprint density at radius 1 is 1.75 bits per heavy atom. The van der Waals surface area contributed by atoms with Crippen LogP contribution >= 0.6 is 11.6 Å². The molecule has 0 aliphatic carbocycles. The molecule has 68 valence electrons. The summed E-state index contributed by atoms with van der Waals surface area (Å²) in [5, 5.41) is 9.05. The summed E-state index contributed by atoms with van der Waals surface area (Å²) in [4.78, 5) is 10.8. The number of carbonyl (C=O) groups is 1. The quantitative estimate of drug-likeness (QED) is 0.533. The van der Waals surface area contributed by atoms with E-state index >= 15 is 0 Å². The topological polar surface area (TPSA) is 46.5 Å². The summed E-state index contributed by atoms with van der Waals surface area (Å²) >= 11 is 5.72. The first-order chi connectivity index (χ1) is 5.52. The molecule has 0 radical (unpaired) electrons. The van der Waals surface area contributed by atoms with E-state index in [1.807, 2.05) is 6.92 Å². The average Bonchev–Trinajstić information content (AvgIpc) is 2.17. The van der Waals surface area contributed by atoms with Gasteiger partial charge in [0.05, 0.1) is 0 Å². The highest BCUT2D eigenvalue weighted by atomic mass is 35.5. The monoisotopic (exact) mass is 190 g/mol. The molecule has 0 saturated carbocycles. The third kappa shape index (κ3) is 1.72. The van der Waals surface area contributed by atoms with Crippen molar-refractivity contribution in [3.63, 3.8) is 0 Å². The number of cyclic esters (lactones) is 1. The van der Waals surface area contributed by atoms with Crippen molar-refractivity contribution in [2.24, 2.45) is 0 Å². The van der Waals surface area contributed by atoms with Crippen molar-refractivity contribution in [3.8, 4) is 0 Å². The Kier molecular flexibility index (Phi) is 2.62. The minimum absolute atomic E-state index is 0.0661. The first-order valence-corrected chi connectivity index (χ1v) is 4.20. The molecule has 1 N–H and O–H groups in total. The van der Waals surface area contributed by atoms with Crippen molar-refractivity contribution in [3.05, 3.63) is 11.3 Å². The highest BCUT2D eigenvalue weighted by Crippen LogP contribution is 2.24. The first-order valence-electron chi connectivity index (χ1n) is 3.77. The SMILES string of the molecule is CC1=C(O)C(=O)OC1CC(C)Cl. The van der Waals surface area contributed by atoms with Gasteiger partial charge >= 0.3 is 5.97 Å². The highest BCUT2D eigenvalue weighted by molar-refractivity contribution is 6.20. The maximum Gasteiger partial charge on any atom is 0.374 e. The predicted octanol–water partition coefficient (Wildman–Crippen LogP) is 1.76. The van der Waals surface area contributed by atoms with Crippen molar-refractivity contribution < 1.29 is 14.6 Å². The number of hydrogen-bond donors (Lipinski definition) is 1. The molecule has 1 heterocycles. The molecule has 0 bridgehead atoms. The van der Waals surface area contributed by atoms with Crippen LogP contribution in [0.3, 0.4) is 0 Å². The van der Waals surface area contributed by atoms with Gasteiger partial charge in [0.2, 0.25) is 5.76 Å². The number of esters is 1. The van der Waals surface area contributed by atoms with Crippen LogP contribution < -0.4 is 0 Å². The Bertz CT molecular complexity index is 232. The van der Waals surface area contributed by atoms with E-state index in [4.69, 9.17) is 21.4 Å². The van der Waals surface area contributed by atoms with Crippen LogP contribution in [-0.4, -0.2) is 22.6 Å². The van der Waals surface area contributed by atoms with Gasteiger partial charge in [0, 0.05) is 17.4 Å². The highest BCUT2D eigenvalue weighted by Gasteiger charge is 2.31. The van der Waals surface area contributed by atoms with Gasteiger partial charge in [0.1, 0.15) is 6.10 Å². The molecular formula is C8H11ClO3. The van der Waals surface area contributed by atoms with Gasteiger partial charge < -0.3 is 9.84 Å². The smallest absolute Gasteiger partial charge is 0.374 e. The van der Waals surface area contributed by atoms with E-state index < -0.39 is 5.97 Å². The van der Waals surface area contributed by atoms with Gasteiger partial charge in [-0.1, -0.05) is 0 Å². The van der Waals surface area contributed by atoms with Crippen LogP contribution in [0.4, 0.5) is 0 Å². The van der Waals surface area contributed by atoms with E-state index in [1.54, 1.807) is 6.92 Å². The third-order valence-corrected chi connectivity index (χ3v) is 2.02. The van der Waals surface area contributed by atoms with Crippen molar-refractivity contribution >= 4 is 17.6 Å². The maximum atomic E-state index is 10.8.